The van der Waals surface area contributed by atoms with Crippen LogP contribution in [0.25, 0.3) is 0 Å². The van der Waals surface area contributed by atoms with Crippen LogP contribution in [0.2, 0.25) is 0 Å². The molecular formula is C11H9FO3. The van der Waals surface area contributed by atoms with E-state index in [1.165, 1.54) is 12.1 Å². The molecule has 0 aliphatic heterocycles. The van der Waals surface area contributed by atoms with Gasteiger partial charge in [0, 0.05) is 11.6 Å². The number of carbonyl (C=O) groups excluding carboxylic acids is 1. The number of allylic oxidation sites excluding steroid dienone is 1. The Morgan fingerprint density at radius 1 is 1.33 bits per heavy atom. The smallest absolute Gasteiger partial charge is 0.328 e. The normalized spacial score (nSPS) is 10.5. The van der Waals surface area contributed by atoms with Gasteiger partial charge in [-0.2, -0.15) is 0 Å². The summed E-state index contributed by atoms with van der Waals surface area (Å²) in [5, 5.41) is 8.32. The van der Waals surface area contributed by atoms with Gasteiger partial charge in [-0.3, -0.25) is 4.79 Å². The van der Waals surface area contributed by atoms with Crippen LogP contribution in [-0.2, 0) is 4.79 Å². The molecule has 0 bridgehead atoms. The Labute approximate surface area is 85.8 Å². The summed E-state index contributed by atoms with van der Waals surface area (Å²) in [6.07, 6.45) is 1.64. The summed E-state index contributed by atoms with van der Waals surface area (Å²) in [5.74, 6) is -2.25. The van der Waals surface area contributed by atoms with Crippen LogP contribution in [0.1, 0.15) is 15.9 Å². The van der Waals surface area contributed by atoms with E-state index in [-0.39, 0.29) is 5.56 Å². The van der Waals surface area contributed by atoms with Gasteiger partial charge in [-0.1, -0.05) is 6.07 Å². The minimum absolute atomic E-state index is 0.174. The first kappa shape index (κ1) is 11.1. The van der Waals surface area contributed by atoms with Gasteiger partial charge in [0.1, 0.15) is 5.82 Å². The van der Waals surface area contributed by atoms with Crippen LogP contribution in [-0.4, -0.2) is 16.9 Å². The Hall–Kier alpha value is -1.97. The molecule has 15 heavy (non-hydrogen) atoms. The first-order valence-corrected chi connectivity index (χ1v) is 4.22. The number of benzene rings is 1. The number of hydrogen-bond donors (Lipinski definition) is 1. The van der Waals surface area contributed by atoms with E-state index in [4.69, 9.17) is 5.11 Å². The van der Waals surface area contributed by atoms with Crippen LogP contribution in [0.15, 0.2) is 30.4 Å². The minimum atomic E-state index is -1.21. The van der Waals surface area contributed by atoms with Crippen molar-refractivity contribution in [3.8, 4) is 0 Å². The topological polar surface area (TPSA) is 54.4 Å². The van der Waals surface area contributed by atoms with Crippen molar-refractivity contribution in [3.63, 3.8) is 0 Å². The highest BCUT2D eigenvalue weighted by atomic mass is 19.1. The van der Waals surface area contributed by atoms with Gasteiger partial charge in [-0.25, -0.2) is 9.18 Å². The van der Waals surface area contributed by atoms with Crippen LogP contribution < -0.4 is 0 Å². The third kappa shape index (κ3) is 3.02. The molecule has 1 aromatic carbocycles. The van der Waals surface area contributed by atoms with Crippen LogP contribution in [0.4, 0.5) is 4.39 Å². The zero-order valence-corrected chi connectivity index (χ0v) is 8.03. The van der Waals surface area contributed by atoms with Crippen molar-refractivity contribution in [2.75, 3.05) is 0 Å². The van der Waals surface area contributed by atoms with Gasteiger partial charge in [0.2, 0.25) is 0 Å². The van der Waals surface area contributed by atoms with Crippen LogP contribution >= 0.6 is 0 Å². The summed E-state index contributed by atoms with van der Waals surface area (Å²) in [4.78, 5) is 21.6. The Kier molecular flexibility index (Phi) is 3.33. The fraction of sp³-hybridized carbons (Fsp3) is 0.0909. The molecule has 1 N–H and O–H groups in total. The van der Waals surface area contributed by atoms with Crippen molar-refractivity contribution in [2.24, 2.45) is 0 Å². The summed E-state index contributed by atoms with van der Waals surface area (Å²) >= 11 is 0. The Bertz CT molecular complexity index is 435. The summed E-state index contributed by atoms with van der Waals surface area (Å²) in [6.45, 7) is 1.65. The first-order chi connectivity index (χ1) is 7.00. The van der Waals surface area contributed by atoms with Gasteiger partial charge in [0.05, 0.1) is 0 Å². The largest absolute Gasteiger partial charge is 0.478 e. The highest BCUT2D eigenvalue weighted by molar-refractivity contribution is 6.07. The molecule has 0 spiro atoms. The van der Waals surface area contributed by atoms with Crippen molar-refractivity contribution >= 4 is 11.8 Å². The van der Waals surface area contributed by atoms with Gasteiger partial charge < -0.3 is 5.11 Å². The molecule has 0 aliphatic carbocycles. The molecule has 3 nitrogen and oxygen atoms in total. The molecule has 4 heteroatoms. The monoisotopic (exact) mass is 208 g/mol. The highest BCUT2D eigenvalue weighted by Crippen LogP contribution is 2.11. The van der Waals surface area contributed by atoms with Crippen molar-refractivity contribution in [1.29, 1.82) is 0 Å². The molecule has 1 aromatic rings. The number of rotatable bonds is 3. The van der Waals surface area contributed by atoms with E-state index in [9.17, 15) is 14.0 Å². The molecule has 0 saturated carbocycles. The van der Waals surface area contributed by atoms with Crippen molar-refractivity contribution < 1.29 is 19.1 Å². The maximum atomic E-state index is 12.8. The Balaban J connectivity index is 3.01. The molecule has 0 unspecified atom stereocenters. The lowest BCUT2D eigenvalue weighted by Crippen LogP contribution is -2.00. The second kappa shape index (κ2) is 4.50. The predicted octanol–water partition coefficient (Wildman–Crippen LogP) is 1.96. The number of carboxylic acid groups (broad SMARTS) is 1. The van der Waals surface area contributed by atoms with Gasteiger partial charge in [0.15, 0.2) is 5.78 Å². The lowest BCUT2D eigenvalue weighted by molar-refractivity contribution is -0.131. The lowest BCUT2D eigenvalue weighted by atomic mass is 10.0. The van der Waals surface area contributed by atoms with Crippen LogP contribution in [0, 0.1) is 12.7 Å². The maximum Gasteiger partial charge on any atom is 0.328 e. The summed E-state index contributed by atoms with van der Waals surface area (Å²) < 4.78 is 12.8. The number of aliphatic carboxylic acids is 1. The third-order valence-corrected chi connectivity index (χ3v) is 1.84. The highest BCUT2D eigenvalue weighted by Gasteiger charge is 2.07. The third-order valence-electron chi connectivity index (χ3n) is 1.84. The Morgan fingerprint density at radius 2 is 2.00 bits per heavy atom. The predicted molar refractivity (Wildman–Crippen MR) is 52.2 cm³/mol. The fourth-order valence-corrected chi connectivity index (χ4v) is 1.10. The van der Waals surface area contributed by atoms with Gasteiger partial charge >= 0.3 is 5.97 Å². The van der Waals surface area contributed by atoms with Gasteiger partial charge in [-0.05, 0) is 30.7 Å². The number of aryl methyl sites for hydroxylation is 1. The Morgan fingerprint density at radius 3 is 2.60 bits per heavy atom. The average Bonchev–Trinajstić information content (AvgIpc) is 2.18. The second-order valence-electron chi connectivity index (χ2n) is 3.00. The summed E-state index contributed by atoms with van der Waals surface area (Å²) in [5.41, 5.74) is 0.781. The van der Waals surface area contributed by atoms with Crippen molar-refractivity contribution in [1.82, 2.24) is 0 Å². The molecule has 1 rings (SSSR count). The number of carbonyl (C=O) groups is 2. The quantitative estimate of drug-likeness (QED) is 0.610. The van der Waals surface area contributed by atoms with Crippen molar-refractivity contribution in [3.05, 3.63) is 47.3 Å². The molecule has 0 amide bonds. The summed E-state index contributed by atoms with van der Waals surface area (Å²) in [7, 11) is 0. The molecule has 78 valence electrons. The van der Waals surface area contributed by atoms with E-state index in [0.29, 0.717) is 5.56 Å². The van der Waals surface area contributed by atoms with E-state index >= 15 is 0 Å². The van der Waals surface area contributed by atoms with E-state index in [1.807, 2.05) is 0 Å². The standard InChI is InChI=1S/C11H9FO3/c1-7-2-3-8(12)6-9(7)10(13)4-5-11(14)15/h2-6H,1H3,(H,14,15)/b5-4+. The molecule has 0 aliphatic rings. The molecule has 0 fully saturated rings. The molecule has 0 radical (unpaired) electrons. The second-order valence-corrected chi connectivity index (χ2v) is 3.00. The van der Waals surface area contributed by atoms with E-state index in [2.05, 4.69) is 0 Å². The first-order valence-electron chi connectivity index (χ1n) is 4.22. The number of hydrogen-bond acceptors (Lipinski definition) is 2. The number of halogens is 1. The molecule has 0 heterocycles. The SMILES string of the molecule is Cc1ccc(F)cc1C(=O)/C=C/C(=O)O. The van der Waals surface area contributed by atoms with Crippen molar-refractivity contribution in [2.45, 2.75) is 6.92 Å². The van der Waals surface area contributed by atoms with E-state index < -0.39 is 17.6 Å². The molecule has 0 atom stereocenters. The summed E-state index contributed by atoms with van der Waals surface area (Å²) in [6, 6.07) is 3.80. The fourth-order valence-electron chi connectivity index (χ4n) is 1.10. The molecular weight excluding hydrogens is 199 g/mol. The van der Waals surface area contributed by atoms with E-state index in [0.717, 1.165) is 18.2 Å². The molecule has 0 saturated heterocycles. The number of carboxylic acids is 1. The van der Waals surface area contributed by atoms with E-state index in [1.54, 1.807) is 6.92 Å². The average molecular weight is 208 g/mol. The number of ketones is 1. The van der Waals surface area contributed by atoms with Gasteiger partial charge in [0.25, 0.3) is 0 Å². The van der Waals surface area contributed by atoms with Gasteiger partial charge in [-0.15, -0.1) is 0 Å². The van der Waals surface area contributed by atoms with Crippen LogP contribution in [0.5, 0.6) is 0 Å². The maximum absolute atomic E-state index is 12.8. The molecule has 0 aromatic heterocycles. The van der Waals surface area contributed by atoms with Crippen LogP contribution in [0.3, 0.4) is 0 Å². The minimum Gasteiger partial charge on any atom is -0.478 e. The zero-order chi connectivity index (χ0) is 11.4. The lowest BCUT2D eigenvalue weighted by Gasteiger charge is -2.00. The zero-order valence-electron chi connectivity index (χ0n) is 8.03.